The van der Waals surface area contributed by atoms with Crippen molar-refractivity contribution < 1.29 is 0 Å². The summed E-state index contributed by atoms with van der Waals surface area (Å²) in [5.74, 6) is 0. The molecular weight excluding hydrogens is 210 g/mol. The molecule has 17 heavy (non-hydrogen) atoms. The maximum Gasteiger partial charge on any atom is 0.0473 e. The monoisotopic (exact) mass is 237 g/mol. The molecule has 0 aromatic heterocycles. The van der Waals surface area contributed by atoms with Gasteiger partial charge in [0.1, 0.15) is 0 Å². The van der Waals surface area contributed by atoms with Gasteiger partial charge < -0.3 is 5.73 Å². The standard InChI is InChI=1S/C14H27N3/c1-2-12-4-3-8-17(12)14(10-15)7-9-16(11-14)13-5-6-13/h12-13H,2-11,15H2,1H3. The van der Waals surface area contributed by atoms with Gasteiger partial charge in [-0.05, 0) is 45.1 Å². The van der Waals surface area contributed by atoms with E-state index < -0.39 is 0 Å². The molecule has 3 heteroatoms. The van der Waals surface area contributed by atoms with E-state index in [1.165, 1.54) is 58.2 Å². The molecule has 2 heterocycles. The molecule has 0 spiro atoms. The second-order valence-electron chi connectivity index (χ2n) is 6.28. The van der Waals surface area contributed by atoms with Gasteiger partial charge in [0.25, 0.3) is 0 Å². The zero-order chi connectivity index (χ0) is 11.9. The van der Waals surface area contributed by atoms with Gasteiger partial charge in [0.2, 0.25) is 0 Å². The summed E-state index contributed by atoms with van der Waals surface area (Å²) in [5, 5.41) is 0. The second kappa shape index (κ2) is 4.52. The molecule has 3 nitrogen and oxygen atoms in total. The molecule has 3 rings (SSSR count). The topological polar surface area (TPSA) is 32.5 Å². The predicted molar refractivity (Wildman–Crippen MR) is 71.0 cm³/mol. The first-order chi connectivity index (χ1) is 8.29. The van der Waals surface area contributed by atoms with E-state index in [0.717, 1.165) is 18.6 Å². The molecular formula is C14H27N3. The maximum atomic E-state index is 6.18. The number of hydrogen-bond acceptors (Lipinski definition) is 3. The highest BCUT2D eigenvalue weighted by molar-refractivity contribution is 5.06. The molecule has 1 saturated carbocycles. The van der Waals surface area contributed by atoms with Crippen molar-refractivity contribution in [3.05, 3.63) is 0 Å². The highest BCUT2D eigenvalue weighted by Gasteiger charge is 2.48. The van der Waals surface area contributed by atoms with Gasteiger partial charge in [-0.25, -0.2) is 0 Å². The molecule has 3 aliphatic rings. The van der Waals surface area contributed by atoms with Gasteiger partial charge in [-0.15, -0.1) is 0 Å². The van der Waals surface area contributed by atoms with Crippen LogP contribution in [0.15, 0.2) is 0 Å². The van der Waals surface area contributed by atoms with Crippen molar-refractivity contribution in [2.24, 2.45) is 5.73 Å². The first-order valence-electron chi connectivity index (χ1n) is 7.50. The Bertz CT molecular complexity index is 277. The number of rotatable bonds is 4. The van der Waals surface area contributed by atoms with Gasteiger partial charge in [-0.3, -0.25) is 9.80 Å². The van der Waals surface area contributed by atoms with Crippen LogP contribution >= 0.6 is 0 Å². The predicted octanol–water partition coefficient (Wildman–Crippen LogP) is 1.43. The van der Waals surface area contributed by atoms with Gasteiger partial charge in [-0.2, -0.15) is 0 Å². The highest BCUT2D eigenvalue weighted by Crippen LogP contribution is 2.39. The Labute approximate surface area is 105 Å². The molecule has 0 aromatic rings. The van der Waals surface area contributed by atoms with E-state index in [0.29, 0.717) is 5.54 Å². The van der Waals surface area contributed by atoms with Crippen LogP contribution in [0.1, 0.15) is 45.4 Å². The lowest BCUT2D eigenvalue weighted by atomic mass is 9.94. The summed E-state index contributed by atoms with van der Waals surface area (Å²) in [6.07, 6.45) is 8.22. The zero-order valence-electron chi connectivity index (χ0n) is 11.2. The fraction of sp³-hybridized carbons (Fsp3) is 1.00. The summed E-state index contributed by atoms with van der Waals surface area (Å²) in [4.78, 5) is 5.48. The number of nitrogens with two attached hydrogens (primary N) is 1. The van der Waals surface area contributed by atoms with Gasteiger partial charge in [-0.1, -0.05) is 6.92 Å². The molecule has 98 valence electrons. The van der Waals surface area contributed by atoms with Gasteiger partial charge in [0, 0.05) is 37.3 Å². The van der Waals surface area contributed by atoms with Crippen LogP contribution in [0.3, 0.4) is 0 Å². The van der Waals surface area contributed by atoms with Crippen LogP contribution in [0.2, 0.25) is 0 Å². The molecule has 0 aromatic carbocycles. The minimum absolute atomic E-state index is 0.319. The van der Waals surface area contributed by atoms with Crippen molar-refractivity contribution in [3.63, 3.8) is 0 Å². The van der Waals surface area contributed by atoms with Crippen LogP contribution in [0.5, 0.6) is 0 Å². The summed E-state index contributed by atoms with van der Waals surface area (Å²) < 4.78 is 0. The van der Waals surface area contributed by atoms with Crippen molar-refractivity contribution in [2.75, 3.05) is 26.2 Å². The molecule has 2 saturated heterocycles. The van der Waals surface area contributed by atoms with Crippen molar-refractivity contribution >= 4 is 0 Å². The Morgan fingerprint density at radius 1 is 1.24 bits per heavy atom. The van der Waals surface area contributed by atoms with Gasteiger partial charge >= 0.3 is 0 Å². The smallest absolute Gasteiger partial charge is 0.0473 e. The molecule has 2 atom stereocenters. The Kier molecular flexibility index (Phi) is 3.18. The molecule has 0 amide bonds. The molecule has 2 N–H and O–H groups in total. The first-order valence-corrected chi connectivity index (χ1v) is 7.50. The van der Waals surface area contributed by atoms with Crippen molar-refractivity contribution in [3.8, 4) is 0 Å². The van der Waals surface area contributed by atoms with Crippen LogP contribution in [-0.4, -0.2) is 53.6 Å². The fourth-order valence-corrected chi connectivity index (χ4v) is 4.04. The fourth-order valence-electron chi connectivity index (χ4n) is 4.04. The number of hydrogen-bond donors (Lipinski definition) is 1. The molecule has 1 aliphatic carbocycles. The average Bonchev–Trinajstić information content (AvgIpc) is 2.95. The summed E-state index contributed by atoms with van der Waals surface area (Å²) in [7, 11) is 0. The van der Waals surface area contributed by atoms with Crippen LogP contribution in [0.25, 0.3) is 0 Å². The third-order valence-electron chi connectivity index (χ3n) is 5.26. The van der Waals surface area contributed by atoms with E-state index in [-0.39, 0.29) is 0 Å². The zero-order valence-corrected chi connectivity index (χ0v) is 11.2. The van der Waals surface area contributed by atoms with E-state index in [2.05, 4.69) is 16.7 Å². The molecule has 0 bridgehead atoms. The Morgan fingerprint density at radius 3 is 2.71 bits per heavy atom. The van der Waals surface area contributed by atoms with E-state index in [1.54, 1.807) is 0 Å². The Balaban J connectivity index is 1.73. The Morgan fingerprint density at radius 2 is 2.06 bits per heavy atom. The van der Waals surface area contributed by atoms with Gasteiger partial charge in [0.05, 0.1) is 0 Å². The summed E-state index contributed by atoms with van der Waals surface area (Å²) in [5.41, 5.74) is 6.50. The molecule has 2 unspecified atom stereocenters. The van der Waals surface area contributed by atoms with Crippen LogP contribution in [0, 0.1) is 0 Å². The average molecular weight is 237 g/mol. The third-order valence-corrected chi connectivity index (χ3v) is 5.26. The molecule has 3 fully saturated rings. The summed E-state index contributed by atoms with van der Waals surface area (Å²) in [6, 6.07) is 1.71. The van der Waals surface area contributed by atoms with E-state index in [4.69, 9.17) is 5.73 Å². The maximum absolute atomic E-state index is 6.18. The largest absolute Gasteiger partial charge is 0.329 e. The van der Waals surface area contributed by atoms with Crippen LogP contribution in [-0.2, 0) is 0 Å². The normalized spacial score (nSPS) is 40.2. The van der Waals surface area contributed by atoms with E-state index >= 15 is 0 Å². The minimum Gasteiger partial charge on any atom is -0.329 e. The van der Waals surface area contributed by atoms with Crippen molar-refractivity contribution in [1.29, 1.82) is 0 Å². The lowest BCUT2D eigenvalue weighted by molar-refractivity contribution is 0.0824. The lowest BCUT2D eigenvalue weighted by Crippen LogP contribution is -2.57. The summed E-state index contributed by atoms with van der Waals surface area (Å²) in [6.45, 7) is 7.00. The second-order valence-corrected chi connectivity index (χ2v) is 6.28. The summed E-state index contributed by atoms with van der Waals surface area (Å²) >= 11 is 0. The van der Waals surface area contributed by atoms with Crippen LogP contribution in [0.4, 0.5) is 0 Å². The van der Waals surface area contributed by atoms with Gasteiger partial charge in [0.15, 0.2) is 0 Å². The quantitative estimate of drug-likeness (QED) is 0.803. The lowest BCUT2D eigenvalue weighted by Gasteiger charge is -2.41. The van der Waals surface area contributed by atoms with E-state index in [1.807, 2.05) is 0 Å². The first kappa shape index (κ1) is 11.9. The van der Waals surface area contributed by atoms with Crippen molar-refractivity contribution in [2.45, 2.75) is 63.1 Å². The highest BCUT2D eigenvalue weighted by atomic mass is 15.3. The third kappa shape index (κ3) is 2.02. The number of likely N-dealkylation sites (tertiary alicyclic amines) is 2. The molecule has 0 radical (unpaired) electrons. The number of nitrogens with zero attached hydrogens (tertiary/aromatic N) is 2. The SMILES string of the molecule is CCC1CCCN1C1(CN)CCN(C2CC2)C1. The van der Waals surface area contributed by atoms with Crippen molar-refractivity contribution in [1.82, 2.24) is 9.80 Å². The minimum atomic E-state index is 0.319. The van der Waals surface area contributed by atoms with Crippen LogP contribution < -0.4 is 5.73 Å². The molecule has 2 aliphatic heterocycles. The Hall–Kier alpha value is -0.120. The van der Waals surface area contributed by atoms with E-state index in [9.17, 15) is 0 Å².